The molecule has 0 unspecified atom stereocenters. The number of thioether (sulfide) groups is 1. The fraction of sp³-hybridized carbons (Fsp3) is 0.500. The molecule has 0 saturated carbocycles. The second-order valence-electron chi connectivity index (χ2n) is 3.38. The van der Waals surface area contributed by atoms with Crippen LogP contribution >= 0.6 is 35.0 Å². The van der Waals surface area contributed by atoms with Crippen LogP contribution in [0.1, 0.15) is 5.56 Å². The van der Waals surface area contributed by atoms with Crippen molar-refractivity contribution in [1.82, 2.24) is 4.98 Å². The van der Waals surface area contributed by atoms with Crippen molar-refractivity contribution in [3.63, 3.8) is 0 Å². The number of alkyl halides is 1. The normalized spacial score (nSPS) is 16.8. The lowest BCUT2D eigenvalue weighted by molar-refractivity contribution is 0.838. The molecule has 0 amide bonds. The van der Waals surface area contributed by atoms with Gasteiger partial charge >= 0.3 is 0 Å². The third-order valence-electron chi connectivity index (χ3n) is 2.34. The lowest BCUT2D eigenvalue weighted by Crippen LogP contribution is -2.33. The van der Waals surface area contributed by atoms with Gasteiger partial charge in [0.1, 0.15) is 5.82 Å². The largest absolute Gasteiger partial charge is 0.354 e. The van der Waals surface area contributed by atoms with Gasteiger partial charge in [0, 0.05) is 36.7 Å². The summed E-state index contributed by atoms with van der Waals surface area (Å²) in [7, 11) is 0. The molecule has 1 aromatic rings. The van der Waals surface area contributed by atoms with E-state index >= 15 is 0 Å². The Labute approximate surface area is 104 Å². The van der Waals surface area contributed by atoms with Gasteiger partial charge in [-0.1, -0.05) is 11.6 Å². The Bertz CT molecular complexity index is 340. The minimum atomic E-state index is 0.461. The fourth-order valence-electron chi connectivity index (χ4n) is 1.55. The van der Waals surface area contributed by atoms with Crippen LogP contribution in [0.5, 0.6) is 0 Å². The average molecular weight is 263 g/mol. The van der Waals surface area contributed by atoms with Crippen LogP contribution in [0.15, 0.2) is 12.3 Å². The summed E-state index contributed by atoms with van der Waals surface area (Å²) in [5.74, 6) is 3.65. The van der Waals surface area contributed by atoms with Gasteiger partial charge in [-0.05, 0) is 11.6 Å². The highest BCUT2D eigenvalue weighted by molar-refractivity contribution is 7.99. The van der Waals surface area contributed by atoms with Crippen LogP contribution < -0.4 is 4.90 Å². The Balaban J connectivity index is 2.19. The van der Waals surface area contributed by atoms with Crippen molar-refractivity contribution in [2.45, 2.75) is 5.88 Å². The van der Waals surface area contributed by atoms with E-state index in [-0.39, 0.29) is 0 Å². The molecule has 0 aliphatic carbocycles. The van der Waals surface area contributed by atoms with Gasteiger partial charge in [-0.25, -0.2) is 4.98 Å². The first-order chi connectivity index (χ1) is 7.31. The molecule has 2 rings (SSSR count). The van der Waals surface area contributed by atoms with Crippen LogP contribution in [-0.2, 0) is 5.88 Å². The Morgan fingerprint density at radius 1 is 1.40 bits per heavy atom. The zero-order valence-corrected chi connectivity index (χ0v) is 10.6. The SMILES string of the molecule is ClCc1cnc(N2CCSCC2)c(Cl)c1. The molecule has 1 aromatic heterocycles. The highest BCUT2D eigenvalue weighted by Gasteiger charge is 2.15. The molecule has 2 heterocycles. The van der Waals surface area contributed by atoms with Crippen LogP contribution in [0.25, 0.3) is 0 Å². The number of hydrogen-bond acceptors (Lipinski definition) is 3. The van der Waals surface area contributed by atoms with Gasteiger partial charge < -0.3 is 4.90 Å². The van der Waals surface area contributed by atoms with Crippen molar-refractivity contribution >= 4 is 40.8 Å². The number of halogens is 2. The monoisotopic (exact) mass is 262 g/mol. The summed E-state index contributed by atoms with van der Waals surface area (Å²) in [6, 6.07) is 1.90. The maximum absolute atomic E-state index is 6.17. The molecular formula is C10H12Cl2N2S. The third-order valence-corrected chi connectivity index (χ3v) is 3.87. The molecule has 0 spiro atoms. The van der Waals surface area contributed by atoms with Crippen LogP contribution in [-0.4, -0.2) is 29.6 Å². The first kappa shape index (κ1) is 11.4. The van der Waals surface area contributed by atoms with Crippen LogP contribution in [0, 0.1) is 0 Å². The average Bonchev–Trinajstić information content (AvgIpc) is 2.30. The quantitative estimate of drug-likeness (QED) is 0.763. The molecule has 5 heteroatoms. The van der Waals surface area contributed by atoms with Crippen LogP contribution in [0.4, 0.5) is 5.82 Å². The van der Waals surface area contributed by atoms with Crippen molar-refractivity contribution in [3.05, 3.63) is 22.8 Å². The molecule has 0 bridgehead atoms. The Morgan fingerprint density at radius 2 is 2.13 bits per heavy atom. The van der Waals surface area contributed by atoms with Crippen molar-refractivity contribution < 1.29 is 0 Å². The third kappa shape index (κ3) is 2.71. The van der Waals surface area contributed by atoms with Crippen molar-refractivity contribution in [1.29, 1.82) is 0 Å². The summed E-state index contributed by atoms with van der Waals surface area (Å²) in [6.45, 7) is 2.05. The molecule has 1 aliphatic heterocycles. The topological polar surface area (TPSA) is 16.1 Å². The predicted octanol–water partition coefficient (Wildman–Crippen LogP) is 3.03. The van der Waals surface area contributed by atoms with E-state index in [1.165, 1.54) is 0 Å². The van der Waals surface area contributed by atoms with E-state index in [4.69, 9.17) is 23.2 Å². The number of aromatic nitrogens is 1. The molecule has 1 aliphatic rings. The molecule has 15 heavy (non-hydrogen) atoms. The van der Waals surface area contributed by atoms with Gasteiger partial charge in [0.25, 0.3) is 0 Å². The standard InChI is InChI=1S/C10H12Cl2N2S/c11-6-8-5-9(12)10(13-7-8)14-1-3-15-4-2-14/h5,7H,1-4,6H2. The van der Waals surface area contributed by atoms with E-state index in [0.717, 1.165) is 36.0 Å². The van der Waals surface area contributed by atoms with E-state index in [1.807, 2.05) is 17.8 Å². The zero-order valence-electron chi connectivity index (χ0n) is 8.25. The fourth-order valence-corrected chi connectivity index (χ4v) is 2.91. The molecule has 1 saturated heterocycles. The Morgan fingerprint density at radius 3 is 2.73 bits per heavy atom. The van der Waals surface area contributed by atoms with E-state index in [9.17, 15) is 0 Å². The zero-order chi connectivity index (χ0) is 10.7. The summed E-state index contributed by atoms with van der Waals surface area (Å²) < 4.78 is 0. The molecular weight excluding hydrogens is 251 g/mol. The second kappa shape index (κ2) is 5.28. The number of nitrogens with zero attached hydrogens (tertiary/aromatic N) is 2. The highest BCUT2D eigenvalue weighted by Crippen LogP contribution is 2.26. The highest BCUT2D eigenvalue weighted by atomic mass is 35.5. The molecule has 1 fully saturated rings. The molecule has 0 radical (unpaired) electrons. The maximum atomic E-state index is 6.17. The number of hydrogen-bond donors (Lipinski definition) is 0. The second-order valence-corrected chi connectivity index (χ2v) is 5.28. The smallest absolute Gasteiger partial charge is 0.147 e. The van der Waals surface area contributed by atoms with Gasteiger partial charge in [-0.15, -0.1) is 11.6 Å². The number of pyridine rings is 1. The lowest BCUT2D eigenvalue weighted by Gasteiger charge is -2.28. The van der Waals surface area contributed by atoms with E-state index in [2.05, 4.69) is 9.88 Å². The number of anilines is 1. The van der Waals surface area contributed by atoms with Crippen LogP contribution in [0.2, 0.25) is 5.02 Å². The molecule has 0 N–H and O–H groups in total. The van der Waals surface area contributed by atoms with E-state index in [0.29, 0.717) is 10.9 Å². The Hall–Kier alpha value is -0.120. The van der Waals surface area contributed by atoms with Crippen molar-refractivity contribution in [3.8, 4) is 0 Å². The summed E-state index contributed by atoms with van der Waals surface area (Å²) in [5.41, 5.74) is 0.969. The van der Waals surface area contributed by atoms with E-state index in [1.54, 1.807) is 6.20 Å². The van der Waals surface area contributed by atoms with E-state index < -0.39 is 0 Å². The van der Waals surface area contributed by atoms with Gasteiger partial charge in [0.2, 0.25) is 0 Å². The molecule has 0 atom stereocenters. The summed E-state index contributed by atoms with van der Waals surface area (Å²) in [5, 5.41) is 0.708. The maximum Gasteiger partial charge on any atom is 0.147 e. The van der Waals surface area contributed by atoms with Crippen LogP contribution in [0.3, 0.4) is 0 Å². The van der Waals surface area contributed by atoms with Gasteiger partial charge in [0.05, 0.1) is 5.02 Å². The van der Waals surface area contributed by atoms with Gasteiger partial charge in [-0.3, -0.25) is 0 Å². The first-order valence-electron chi connectivity index (χ1n) is 4.84. The summed E-state index contributed by atoms with van der Waals surface area (Å²) in [4.78, 5) is 6.61. The minimum absolute atomic E-state index is 0.461. The molecule has 2 nitrogen and oxygen atoms in total. The van der Waals surface area contributed by atoms with Crippen molar-refractivity contribution in [2.75, 3.05) is 29.5 Å². The lowest BCUT2D eigenvalue weighted by atomic mass is 10.3. The minimum Gasteiger partial charge on any atom is -0.354 e. The first-order valence-corrected chi connectivity index (χ1v) is 6.91. The Kier molecular flexibility index (Phi) is 4.00. The molecule has 0 aromatic carbocycles. The van der Waals surface area contributed by atoms with Gasteiger partial charge in [-0.2, -0.15) is 11.8 Å². The van der Waals surface area contributed by atoms with Gasteiger partial charge in [0.15, 0.2) is 0 Å². The number of rotatable bonds is 2. The van der Waals surface area contributed by atoms with Crippen molar-refractivity contribution in [2.24, 2.45) is 0 Å². The summed E-state index contributed by atoms with van der Waals surface area (Å²) in [6.07, 6.45) is 1.80. The summed E-state index contributed by atoms with van der Waals surface area (Å²) >= 11 is 13.9. The predicted molar refractivity (Wildman–Crippen MR) is 68.3 cm³/mol. The molecule has 82 valence electrons.